The van der Waals surface area contributed by atoms with E-state index in [0.717, 1.165) is 25.9 Å². The first-order valence-corrected chi connectivity index (χ1v) is 8.26. The molecule has 0 atom stereocenters. The molecular weight excluding hydrogens is 268 g/mol. The van der Waals surface area contributed by atoms with Crippen LogP contribution in [0.3, 0.4) is 0 Å². The molecule has 0 spiro atoms. The van der Waals surface area contributed by atoms with Gasteiger partial charge in [-0.05, 0) is 12.8 Å². The second kappa shape index (κ2) is 12.0. The van der Waals surface area contributed by atoms with Crippen LogP contribution in [0.25, 0.3) is 0 Å². The van der Waals surface area contributed by atoms with Crippen LogP contribution in [0.1, 0.15) is 44.9 Å². The quantitative estimate of drug-likeness (QED) is 0.705. The first kappa shape index (κ1) is 18.4. The number of nitrogens with zero attached hydrogens (tertiary/aromatic N) is 1. The maximum absolute atomic E-state index is 12.2. The van der Waals surface area contributed by atoms with Crippen LogP contribution in [0.15, 0.2) is 0 Å². The fourth-order valence-electron chi connectivity index (χ4n) is 2.79. The molecule has 1 saturated carbocycles. The molecule has 1 fully saturated rings. The summed E-state index contributed by atoms with van der Waals surface area (Å²) in [5, 5.41) is 3.21. The van der Waals surface area contributed by atoms with Crippen LogP contribution >= 0.6 is 0 Å². The number of nitrogens with one attached hydrogen (secondary N) is 1. The van der Waals surface area contributed by atoms with Crippen LogP contribution < -0.4 is 5.32 Å². The lowest BCUT2D eigenvalue weighted by molar-refractivity contribution is -0.123. The molecule has 1 aliphatic carbocycles. The van der Waals surface area contributed by atoms with Crippen molar-refractivity contribution in [3.8, 4) is 0 Å². The third-order valence-electron chi connectivity index (χ3n) is 4.06. The van der Waals surface area contributed by atoms with Gasteiger partial charge in [0.2, 0.25) is 5.91 Å². The number of hydrogen-bond acceptors (Lipinski definition) is 4. The highest BCUT2D eigenvalue weighted by atomic mass is 16.5. The van der Waals surface area contributed by atoms with Crippen molar-refractivity contribution in [2.45, 2.75) is 51.0 Å². The molecule has 0 aliphatic heterocycles. The van der Waals surface area contributed by atoms with Crippen molar-refractivity contribution < 1.29 is 14.3 Å². The lowest BCUT2D eigenvalue weighted by Crippen LogP contribution is -2.44. The van der Waals surface area contributed by atoms with E-state index in [2.05, 4.69) is 10.2 Å². The number of amides is 1. The highest BCUT2D eigenvalue weighted by Crippen LogP contribution is 2.16. The van der Waals surface area contributed by atoms with Gasteiger partial charge in [0, 0.05) is 33.4 Å². The van der Waals surface area contributed by atoms with E-state index in [4.69, 9.17) is 9.47 Å². The Kier molecular flexibility index (Phi) is 10.5. The average Bonchev–Trinajstić information content (AvgIpc) is 2.44. The minimum atomic E-state index is 0.132. The Labute approximate surface area is 129 Å². The van der Waals surface area contributed by atoms with Crippen LogP contribution in [-0.4, -0.2) is 63.9 Å². The number of carbonyl (C=O) groups is 1. The first-order chi connectivity index (χ1) is 10.3. The Morgan fingerprint density at radius 3 is 2.05 bits per heavy atom. The van der Waals surface area contributed by atoms with Gasteiger partial charge in [0.25, 0.3) is 0 Å². The van der Waals surface area contributed by atoms with Gasteiger partial charge in [0.05, 0.1) is 19.8 Å². The zero-order chi connectivity index (χ0) is 15.3. The van der Waals surface area contributed by atoms with Gasteiger partial charge in [0.1, 0.15) is 0 Å². The summed E-state index contributed by atoms with van der Waals surface area (Å²) in [5.74, 6) is 0.132. The molecule has 0 aromatic carbocycles. The maximum Gasteiger partial charge on any atom is 0.234 e. The third-order valence-corrected chi connectivity index (χ3v) is 4.06. The molecule has 0 unspecified atom stereocenters. The molecule has 1 N–H and O–H groups in total. The van der Waals surface area contributed by atoms with Gasteiger partial charge in [-0.25, -0.2) is 0 Å². The lowest BCUT2D eigenvalue weighted by Gasteiger charge is -2.24. The lowest BCUT2D eigenvalue weighted by atomic mass is 9.97. The number of ether oxygens (including phenoxy) is 2. The van der Waals surface area contributed by atoms with Crippen LogP contribution in [0.5, 0.6) is 0 Å². The molecular formula is C16H32N2O3. The van der Waals surface area contributed by atoms with E-state index >= 15 is 0 Å². The Balaban J connectivity index is 2.32. The average molecular weight is 300 g/mol. The maximum atomic E-state index is 12.2. The monoisotopic (exact) mass is 300 g/mol. The van der Waals surface area contributed by atoms with Crippen molar-refractivity contribution in [3.05, 3.63) is 0 Å². The number of carbonyl (C=O) groups excluding carboxylic acids is 1. The Morgan fingerprint density at radius 1 is 1.00 bits per heavy atom. The third kappa shape index (κ3) is 9.06. The summed E-state index contributed by atoms with van der Waals surface area (Å²) in [5.41, 5.74) is 0. The van der Waals surface area contributed by atoms with Gasteiger partial charge in [0.15, 0.2) is 0 Å². The van der Waals surface area contributed by atoms with Gasteiger partial charge >= 0.3 is 0 Å². The molecule has 0 bridgehead atoms. The fraction of sp³-hybridized carbons (Fsp3) is 0.938. The van der Waals surface area contributed by atoms with Crippen molar-refractivity contribution in [2.24, 2.45) is 0 Å². The predicted octanol–water partition coefficient (Wildman–Crippen LogP) is 1.81. The van der Waals surface area contributed by atoms with Crippen molar-refractivity contribution in [3.63, 3.8) is 0 Å². The molecule has 21 heavy (non-hydrogen) atoms. The van der Waals surface area contributed by atoms with E-state index in [1.807, 2.05) is 0 Å². The van der Waals surface area contributed by atoms with E-state index < -0.39 is 0 Å². The summed E-state index contributed by atoms with van der Waals surface area (Å²) in [4.78, 5) is 14.3. The summed E-state index contributed by atoms with van der Waals surface area (Å²) in [6, 6.07) is 0.365. The summed E-state index contributed by atoms with van der Waals surface area (Å²) in [6.45, 7) is 3.24. The zero-order valence-electron chi connectivity index (χ0n) is 13.7. The normalized spacial score (nSPS) is 17.5. The van der Waals surface area contributed by atoms with Crippen LogP contribution in [0.4, 0.5) is 0 Å². The molecule has 0 radical (unpaired) electrons. The largest absolute Gasteiger partial charge is 0.383 e. The van der Waals surface area contributed by atoms with E-state index in [9.17, 15) is 4.79 Å². The van der Waals surface area contributed by atoms with Gasteiger partial charge in [-0.1, -0.05) is 32.1 Å². The smallest absolute Gasteiger partial charge is 0.234 e. The fourth-order valence-corrected chi connectivity index (χ4v) is 2.79. The Bertz CT molecular complexity index is 258. The number of hydrogen-bond donors (Lipinski definition) is 1. The van der Waals surface area contributed by atoms with Crippen LogP contribution in [0, 0.1) is 0 Å². The van der Waals surface area contributed by atoms with Crippen molar-refractivity contribution >= 4 is 5.91 Å². The second-order valence-electron chi connectivity index (χ2n) is 5.87. The molecule has 1 amide bonds. The van der Waals surface area contributed by atoms with Crippen molar-refractivity contribution in [1.82, 2.24) is 10.2 Å². The summed E-state index contributed by atoms with van der Waals surface area (Å²) in [6.07, 6.45) is 8.69. The van der Waals surface area contributed by atoms with Crippen molar-refractivity contribution in [2.75, 3.05) is 47.1 Å². The second-order valence-corrected chi connectivity index (χ2v) is 5.87. The molecule has 0 saturated heterocycles. The Morgan fingerprint density at radius 2 is 1.52 bits per heavy atom. The summed E-state index contributed by atoms with van der Waals surface area (Å²) in [7, 11) is 3.37. The van der Waals surface area contributed by atoms with Gasteiger partial charge in [-0.15, -0.1) is 0 Å². The number of methoxy groups -OCH3 is 2. The first-order valence-electron chi connectivity index (χ1n) is 8.26. The molecule has 5 heteroatoms. The summed E-state index contributed by atoms with van der Waals surface area (Å²) >= 11 is 0. The van der Waals surface area contributed by atoms with E-state index in [1.165, 1.54) is 32.1 Å². The molecule has 0 aromatic heterocycles. The van der Waals surface area contributed by atoms with E-state index in [0.29, 0.717) is 25.8 Å². The number of rotatable bonds is 9. The highest BCUT2D eigenvalue weighted by molar-refractivity contribution is 5.78. The van der Waals surface area contributed by atoms with Crippen molar-refractivity contribution in [1.29, 1.82) is 0 Å². The molecule has 5 nitrogen and oxygen atoms in total. The van der Waals surface area contributed by atoms with Gasteiger partial charge in [-0.2, -0.15) is 0 Å². The van der Waals surface area contributed by atoms with Gasteiger partial charge < -0.3 is 14.8 Å². The molecule has 124 valence electrons. The highest BCUT2D eigenvalue weighted by Gasteiger charge is 2.16. The zero-order valence-corrected chi connectivity index (χ0v) is 13.7. The van der Waals surface area contributed by atoms with Crippen LogP contribution in [-0.2, 0) is 14.3 Å². The molecule has 1 rings (SSSR count). The molecule has 1 aliphatic rings. The topological polar surface area (TPSA) is 50.8 Å². The van der Waals surface area contributed by atoms with Crippen LogP contribution in [0.2, 0.25) is 0 Å². The van der Waals surface area contributed by atoms with E-state index in [1.54, 1.807) is 14.2 Å². The standard InChI is InChI=1S/C16H32N2O3/c1-20-12-10-18(11-13-21-2)14-16(19)17-15-8-6-4-3-5-7-9-15/h15H,3-14H2,1-2H3,(H,17,19). The summed E-state index contributed by atoms with van der Waals surface area (Å²) < 4.78 is 10.2. The van der Waals surface area contributed by atoms with Gasteiger partial charge in [-0.3, -0.25) is 9.69 Å². The SMILES string of the molecule is COCCN(CCOC)CC(=O)NC1CCCCCCC1. The predicted molar refractivity (Wildman–Crippen MR) is 84.4 cm³/mol. The van der Waals surface area contributed by atoms with E-state index in [-0.39, 0.29) is 5.91 Å². The minimum Gasteiger partial charge on any atom is -0.383 e. The molecule has 0 heterocycles. The molecule has 0 aromatic rings. The minimum absolute atomic E-state index is 0.132. The Hall–Kier alpha value is -0.650.